The van der Waals surface area contributed by atoms with Gasteiger partial charge in [0.15, 0.2) is 17.5 Å². The van der Waals surface area contributed by atoms with Crippen LogP contribution in [0.25, 0.3) is 10.9 Å². The van der Waals surface area contributed by atoms with Gasteiger partial charge in [0, 0.05) is 29.5 Å². The fourth-order valence-electron chi connectivity index (χ4n) is 4.91. The van der Waals surface area contributed by atoms with Crippen LogP contribution >= 0.6 is 0 Å². The van der Waals surface area contributed by atoms with Crippen LogP contribution < -0.4 is 10.2 Å². The first-order chi connectivity index (χ1) is 18.3. The van der Waals surface area contributed by atoms with E-state index in [1.807, 2.05) is 0 Å². The summed E-state index contributed by atoms with van der Waals surface area (Å²) < 4.78 is 60.2. The topological polar surface area (TPSA) is 74.7 Å². The number of fused-ring (bicyclic) bond motifs is 1. The van der Waals surface area contributed by atoms with Crippen LogP contribution in [0.5, 0.6) is 5.75 Å². The van der Waals surface area contributed by atoms with Crippen LogP contribution in [0, 0.1) is 41.0 Å². The molecule has 1 amide bonds. The molecule has 1 saturated heterocycles. The highest BCUT2D eigenvalue weighted by atomic mass is 19.2. The molecular formula is C28H27F4N3O3. The highest BCUT2D eigenvalue weighted by Crippen LogP contribution is 2.29. The minimum atomic E-state index is -1.54. The molecule has 2 aromatic carbocycles. The fraction of sp³-hybridized carbons (Fsp3) is 0.357. The number of nitrogens with zero attached hydrogens (tertiary/aromatic N) is 2. The summed E-state index contributed by atoms with van der Waals surface area (Å²) >= 11 is 0. The zero-order valence-corrected chi connectivity index (χ0v) is 20.7. The van der Waals surface area contributed by atoms with Gasteiger partial charge < -0.3 is 4.74 Å². The average molecular weight is 530 g/mol. The second kappa shape index (κ2) is 12.2. The number of benzene rings is 2. The van der Waals surface area contributed by atoms with Gasteiger partial charge in [-0.2, -0.15) is 0 Å². The van der Waals surface area contributed by atoms with E-state index in [4.69, 9.17) is 9.94 Å². The Hall–Kier alpha value is -3.68. The average Bonchev–Trinajstić information content (AvgIpc) is 2.92. The number of halogens is 4. The van der Waals surface area contributed by atoms with Gasteiger partial charge in [0.05, 0.1) is 25.4 Å². The van der Waals surface area contributed by atoms with Gasteiger partial charge >= 0.3 is 0 Å². The van der Waals surface area contributed by atoms with Crippen LogP contribution in [0.1, 0.15) is 36.8 Å². The lowest BCUT2D eigenvalue weighted by Gasteiger charge is -2.38. The molecule has 1 aliphatic heterocycles. The second-order valence-electron chi connectivity index (χ2n) is 9.24. The normalized spacial score (nSPS) is 17.6. The molecule has 38 heavy (non-hydrogen) atoms. The molecule has 0 spiro atoms. The highest BCUT2D eigenvalue weighted by molar-refractivity contribution is 5.83. The Kier molecular flexibility index (Phi) is 8.81. The largest absolute Gasteiger partial charge is 0.497 e. The number of aromatic nitrogens is 1. The van der Waals surface area contributed by atoms with E-state index in [0.717, 1.165) is 12.1 Å². The maximum Gasteiger partial charge on any atom is 0.246 e. The van der Waals surface area contributed by atoms with Crippen molar-refractivity contribution in [3.05, 3.63) is 70.9 Å². The molecule has 6 nitrogen and oxygen atoms in total. The molecule has 1 aromatic heterocycles. The summed E-state index contributed by atoms with van der Waals surface area (Å²) in [5.74, 6) is 0.711. The maximum absolute atomic E-state index is 14.7. The zero-order chi connectivity index (χ0) is 27.2. The van der Waals surface area contributed by atoms with Crippen molar-refractivity contribution in [3.8, 4) is 17.6 Å². The molecule has 1 aliphatic rings. The molecule has 2 N–H and O–H groups in total. The minimum absolute atomic E-state index is 0.0166. The van der Waals surface area contributed by atoms with Gasteiger partial charge in [-0.3, -0.25) is 19.9 Å². The molecule has 0 aliphatic carbocycles. The molecule has 2 heterocycles. The number of likely N-dealkylation sites (tertiary alicyclic amines) is 1. The predicted octanol–water partition coefficient (Wildman–Crippen LogP) is 4.76. The first kappa shape index (κ1) is 27.4. The van der Waals surface area contributed by atoms with Crippen LogP contribution in [0.15, 0.2) is 36.5 Å². The van der Waals surface area contributed by atoms with Gasteiger partial charge in [0.25, 0.3) is 0 Å². The third-order valence-corrected chi connectivity index (χ3v) is 6.92. The van der Waals surface area contributed by atoms with Gasteiger partial charge in [-0.05, 0) is 68.0 Å². The molecule has 0 saturated carbocycles. The number of piperidine rings is 1. The third-order valence-electron chi connectivity index (χ3n) is 6.92. The lowest BCUT2D eigenvalue weighted by molar-refractivity contribution is -0.135. The van der Waals surface area contributed by atoms with Gasteiger partial charge in [-0.25, -0.2) is 23.0 Å². The Balaban J connectivity index is 1.48. The number of hydroxylamine groups is 1. The molecule has 0 bridgehead atoms. The fourth-order valence-corrected chi connectivity index (χ4v) is 4.91. The van der Waals surface area contributed by atoms with E-state index in [9.17, 15) is 22.4 Å². The standard InChI is InChI=1S/C28H27F4N3O3/c1-38-20-7-8-26-22(15-20)21(25(31)16-33-26)6-2-5-19-14-18(28(36)34-37)9-11-35(19)10-3-4-17-12-23(29)27(32)24(30)13-17/h7-8,12-13,15-16,18-19,37H,2,5-6,9-11,14H2,1H3,(H,34,36). The summed E-state index contributed by atoms with van der Waals surface area (Å²) in [6.45, 7) is 0.760. The molecule has 10 heteroatoms. The minimum Gasteiger partial charge on any atom is -0.497 e. The summed E-state index contributed by atoms with van der Waals surface area (Å²) in [4.78, 5) is 18.3. The van der Waals surface area contributed by atoms with Crippen molar-refractivity contribution in [1.82, 2.24) is 15.4 Å². The van der Waals surface area contributed by atoms with Crippen molar-refractivity contribution in [1.29, 1.82) is 0 Å². The first-order valence-electron chi connectivity index (χ1n) is 12.2. The van der Waals surface area contributed by atoms with Crippen LogP contribution in [0.3, 0.4) is 0 Å². The molecule has 2 unspecified atom stereocenters. The van der Waals surface area contributed by atoms with E-state index in [-0.39, 0.29) is 18.2 Å². The number of hydrogen-bond donors (Lipinski definition) is 2. The third kappa shape index (κ3) is 6.23. The smallest absolute Gasteiger partial charge is 0.246 e. The summed E-state index contributed by atoms with van der Waals surface area (Å²) in [7, 11) is 1.54. The number of pyridine rings is 1. The van der Waals surface area contributed by atoms with Crippen molar-refractivity contribution in [3.63, 3.8) is 0 Å². The number of aryl methyl sites for hydroxylation is 1. The molecule has 1 fully saturated rings. The summed E-state index contributed by atoms with van der Waals surface area (Å²) in [6.07, 6.45) is 3.80. The number of carbonyl (C=O) groups excluding carboxylic acids is 1. The van der Waals surface area contributed by atoms with E-state index in [0.29, 0.717) is 60.9 Å². The number of nitrogens with one attached hydrogen (secondary N) is 1. The number of carbonyl (C=O) groups is 1. The van der Waals surface area contributed by atoms with Crippen molar-refractivity contribution >= 4 is 16.8 Å². The number of rotatable bonds is 7. The van der Waals surface area contributed by atoms with Crippen molar-refractivity contribution in [2.75, 3.05) is 20.2 Å². The molecule has 4 rings (SSSR count). The van der Waals surface area contributed by atoms with E-state index >= 15 is 0 Å². The maximum atomic E-state index is 14.7. The number of hydrogen-bond acceptors (Lipinski definition) is 5. The Morgan fingerprint density at radius 1 is 1.18 bits per heavy atom. The SMILES string of the molecule is COc1ccc2ncc(F)c(CCCC3CC(C(=O)NO)CCN3CC#Cc3cc(F)c(F)c(F)c3)c2c1. The van der Waals surface area contributed by atoms with Crippen molar-refractivity contribution in [2.24, 2.45) is 5.92 Å². The predicted molar refractivity (Wildman–Crippen MR) is 132 cm³/mol. The second-order valence-corrected chi connectivity index (χ2v) is 9.24. The summed E-state index contributed by atoms with van der Waals surface area (Å²) in [6, 6.07) is 6.86. The highest BCUT2D eigenvalue weighted by Gasteiger charge is 2.31. The zero-order valence-electron chi connectivity index (χ0n) is 20.7. The van der Waals surface area contributed by atoms with Gasteiger partial charge in [-0.1, -0.05) is 11.8 Å². The first-order valence-corrected chi connectivity index (χ1v) is 12.2. The molecule has 200 valence electrons. The van der Waals surface area contributed by atoms with Crippen LogP contribution in [0.4, 0.5) is 17.6 Å². The lowest BCUT2D eigenvalue weighted by atomic mass is 9.87. The molecular weight excluding hydrogens is 502 g/mol. The quantitative estimate of drug-likeness (QED) is 0.152. The van der Waals surface area contributed by atoms with E-state index in [1.165, 1.54) is 13.3 Å². The Bertz CT molecular complexity index is 1370. The number of ether oxygens (including phenoxy) is 1. The summed E-state index contributed by atoms with van der Waals surface area (Å²) in [5, 5.41) is 9.76. The van der Waals surface area contributed by atoms with E-state index in [1.54, 1.807) is 23.7 Å². The van der Waals surface area contributed by atoms with Gasteiger partial charge in [-0.15, -0.1) is 0 Å². The number of amides is 1. The van der Waals surface area contributed by atoms with Crippen LogP contribution in [0.2, 0.25) is 0 Å². The van der Waals surface area contributed by atoms with Crippen molar-refractivity contribution in [2.45, 2.75) is 38.1 Å². The van der Waals surface area contributed by atoms with Gasteiger partial charge in [0.2, 0.25) is 5.91 Å². The lowest BCUT2D eigenvalue weighted by Crippen LogP contribution is -2.46. The van der Waals surface area contributed by atoms with E-state index < -0.39 is 35.1 Å². The van der Waals surface area contributed by atoms with E-state index in [2.05, 4.69) is 21.7 Å². The Labute approximate surface area is 217 Å². The Morgan fingerprint density at radius 2 is 1.95 bits per heavy atom. The van der Waals surface area contributed by atoms with Crippen LogP contribution in [-0.2, 0) is 11.2 Å². The van der Waals surface area contributed by atoms with Gasteiger partial charge in [0.1, 0.15) is 11.6 Å². The van der Waals surface area contributed by atoms with Crippen LogP contribution in [-0.4, -0.2) is 47.2 Å². The molecule has 0 radical (unpaired) electrons. The Morgan fingerprint density at radius 3 is 2.66 bits per heavy atom. The van der Waals surface area contributed by atoms with Crippen molar-refractivity contribution < 1.29 is 32.3 Å². The summed E-state index contributed by atoms with van der Waals surface area (Å²) in [5.41, 5.74) is 2.92. The molecule has 3 aromatic rings. The monoisotopic (exact) mass is 529 g/mol. The molecule has 2 atom stereocenters. The number of methoxy groups -OCH3 is 1.